The summed E-state index contributed by atoms with van der Waals surface area (Å²) in [6.45, 7) is 7.99. The van der Waals surface area contributed by atoms with E-state index in [0.717, 1.165) is 38.9 Å². The molecule has 1 N–H and O–H groups in total. The number of unbranched alkanes of at least 4 members (excludes halogenated alkanes) is 1. The van der Waals surface area contributed by atoms with E-state index in [-0.39, 0.29) is 6.04 Å². The zero-order chi connectivity index (χ0) is 20.6. The molecule has 1 aliphatic heterocycles. The van der Waals surface area contributed by atoms with Gasteiger partial charge >= 0.3 is 0 Å². The van der Waals surface area contributed by atoms with E-state index in [1.54, 1.807) is 0 Å². The average molecular weight is 394 g/mol. The second kappa shape index (κ2) is 10.4. The third kappa shape index (κ3) is 5.60. The van der Waals surface area contributed by atoms with Crippen molar-refractivity contribution in [1.29, 1.82) is 5.41 Å². The number of hydrogen-bond donors (Lipinski definition) is 1. The van der Waals surface area contributed by atoms with Gasteiger partial charge in [-0.3, -0.25) is 5.41 Å². The maximum absolute atomic E-state index is 8.64. The van der Waals surface area contributed by atoms with Crippen LogP contribution in [-0.2, 0) is 11.2 Å². The number of benzene rings is 2. The van der Waals surface area contributed by atoms with Crippen LogP contribution in [0.3, 0.4) is 0 Å². The molecule has 1 atom stereocenters. The number of nitrogens with zero attached hydrogens (tertiary/aromatic N) is 2. The Kier molecular flexibility index (Phi) is 7.70. The normalized spacial score (nSPS) is 16.0. The molecule has 0 saturated heterocycles. The Balaban J connectivity index is 1.66. The maximum atomic E-state index is 8.64. The van der Waals surface area contributed by atoms with Crippen molar-refractivity contribution in [2.24, 2.45) is 0 Å². The van der Waals surface area contributed by atoms with E-state index in [1.807, 2.05) is 0 Å². The van der Waals surface area contributed by atoms with Crippen molar-refractivity contribution in [1.82, 2.24) is 9.80 Å². The van der Waals surface area contributed by atoms with Gasteiger partial charge in [-0.1, -0.05) is 61.0 Å². The van der Waals surface area contributed by atoms with E-state index >= 15 is 0 Å². The average Bonchev–Trinajstić information content (AvgIpc) is 2.72. The highest BCUT2D eigenvalue weighted by Crippen LogP contribution is 2.35. The summed E-state index contributed by atoms with van der Waals surface area (Å²) in [4.78, 5) is 4.49. The van der Waals surface area contributed by atoms with Crippen molar-refractivity contribution in [3.63, 3.8) is 0 Å². The molecular formula is C25H35N3O. The highest BCUT2D eigenvalue weighted by molar-refractivity contribution is 5.72. The quantitative estimate of drug-likeness (QED) is 0.389. The molecule has 1 aliphatic rings. The third-order valence-corrected chi connectivity index (χ3v) is 5.68. The summed E-state index contributed by atoms with van der Waals surface area (Å²) in [5, 5.41) is 8.64. The Morgan fingerprint density at radius 1 is 1.14 bits per heavy atom. The van der Waals surface area contributed by atoms with Gasteiger partial charge in [0, 0.05) is 6.54 Å². The van der Waals surface area contributed by atoms with Crippen LogP contribution in [0.4, 0.5) is 0 Å². The van der Waals surface area contributed by atoms with Gasteiger partial charge in [-0.15, -0.1) is 0 Å². The zero-order valence-electron chi connectivity index (χ0n) is 18.2. The molecule has 156 valence electrons. The van der Waals surface area contributed by atoms with Gasteiger partial charge in [-0.2, -0.15) is 0 Å². The van der Waals surface area contributed by atoms with Crippen LogP contribution in [-0.4, -0.2) is 49.1 Å². The van der Waals surface area contributed by atoms with Gasteiger partial charge in [0.2, 0.25) is 0 Å². The van der Waals surface area contributed by atoms with E-state index in [9.17, 15) is 0 Å². The summed E-state index contributed by atoms with van der Waals surface area (Å²) in [5.74, 6) is 0. The Hall–Kier alpha value is -2.33. The topological polar surface area (TPSA) is 39.6 Å². The second-order valence-corrected chi connectivity index (χ2v) is 8.12. The molecule has 0 unspecified atom stereocenters. The lowest BCUT2D eigenvalue weighted by Crippen LogP contribution is -2.41. The van der Waals surface area contributed by atoms with Gasteiger partial charge in [0.25, 0.3) is 6.02 Å². The van der Waals surface area contributed by atoms with Gasteiger partial charge in [-0.25, -0.2) is 0 Å². The molecule has 0 amide bonds. The largest absolute Gasteiger partial charge is 0.465 e. The van der Waals surface area contributed by atoms with E-state index in [2.05, 4.69) is 79.2 Å². The van der Waals surface area contributed by atoms with Crippen molar-refractivity contribution < 1.29 is 4.74 Å². The third-order valence-electron chi connectivity index (χ3n) is 5.68. The van der Waals surface area contributed by atoms with Crippen molar-refractivity contribution in [2.75, 3.05) is 33.3 Å². The minimum absolute atomic E-state index is 0.0445. The molecule has 0 spiro atoms. The second-order valence-electron chi connectivity index (χ2n) is 8.12. The number of aryl methyl sites for hydroxylation is 1. The highest BCUT2D eigenvalue weighted by Gasteiger charge is 2.31. The Labute approximate surface area is 176 Å². The summed E-state index contributed by atoms with van der Waals surface area (Å²) in [5.41, 5.74) is 5.14. The van der Waals surface area contributed by atoms with Crippen molar-refractivity contribution in [2.45, 2.75) is 45.6 Å². The Morgan fingerprint density at radius 2 is 1.97 bits per heavy atom. The summed E-state index contributed by atoms with van der Waals surface area (Å²) in [6.07, 6.45) is 4.23. The first kappa shape index (κ1) is 21.4. The summed E-state index contributed by atoms with van der Waals surface area (Å²) < 4.78 is 5.91. The fourth-order valence-electron chi connectivity index (χ4n) is 4.21. The first-order valence-electron chi connectivity index (χ1n) is 10.9. The van der Waals surface area contributed by atoms with Crippen LogP contribution >= 0.6 is 0 Å². The smallest absolute Gasteiger partial charge is 0.285 e. The first-order valence-corrected chi connectivity index (χ1v) is 10.9. The monoisotopic (exact) mass is 393 g/mol. The van der Waals surface area contributed by atoms with Crippen LogP contribution in [0.25, 0.3) is 0 Å². The molecule has 29 heavy (non-hydrogen) atoms. The predicted octanol–water partition coefficient (Wildman–Crippen LogP) is 5.02. The number of rotatable bonds is 8. The SMILES string of the molecule is CCCN(C)CCCCOC(=N)N1CCc2ccccc2[C@H]1c1cccc(C)c1. The highest BCUT2D eigenvalue weighted by atomic mass is 16.5. The fourth-order valence-corrected chi connectivity index (χ4v) is 4.21. The van der Waals surface area contributed by atoms with Gasteiger partial charge < -0.3 is 14.5 Å². The number of amidine groups is 1. The van der Waals surface area contributed by atoms with Crippen LogP contribution in [0.2, 0.25) is 0 Å². The molecular weight excluding hydrogens is 358 g/mol. The standard InChI is InChI=1S/C25H35N3O/c1-4-15-27(3)16-7-8-18-29-25(26)28-17-14-21-11-5-6-13-23(21)24(28)22-12-9-10-20(2)19-22/h5-6,9-13,19,24,26H,4,7-8,14-18H2,1-3H3/t24-/m1/s1. The van der Waals surface area contributed by atoms with Crippen molar-refractivity contribution in [3.8, 4) is 0 Å². The lowest BCUT2D eigenvalue weighted by molar-refractivity contribution is 0.194. The molecule has 0 fully saturated rings. The Morgan fingerprint density at radius 3 is 2.76 bits per heavy atom. The number of ether oxygens (including phenoxy) is 1. The number of fused-ring (bicyclic) bond motifs is 1. The molecule has 2 aromatic rings. The van der Waals surface area contributed by atoms with Crippen LogP contribution in [0.5, 0.6) is 0 Å². The van der Waals surface area contributed by atoms with E-state index in [0.29, 0.717) is 12.6 Å². The van der Waals surface area contributed by atoms with Gasteiger partial charge in [0.15, 0.2) is 0 Å². The van der Waals surface area contributed by atoms with Gasteiger partial charge in [0.05, 0.1) is 12.6 Å². The molecule has 4 heteroatoms. The van der Waals surface area contributed by atoms with Crippen molar-refractivity contribution >= 4 is 6.02 Å². The molecule has 0 saturated carbocycles. The fraction of sp³-hybridized carbons (Fsp3) is 0.480. The lowest BCUT2D eigenvalue weighted by atomic mass is 9.88. The molecule has 3 rings (SSSR count). The number of hydrogen-bond acceptors (Lipinski definition) is 3. The molecule has 0 aliphatic carbocycles. The number of nitrogens with one attached hydrogen (secondary N) is 1. The molecule has 0 bridgehead atoms. The molecule has 4 nitrogen and oxygen atoms in total. The first-order chi connectivity index (χ1) is 14.1. The van der Waals surface area contributed by atoms with Crippen LogP contribution in [0.1, 0.15) is 54.5 Å². The van der Waals surface area contributed by atoms with E-state index < -0.39 is 0 Å². The van der Waals surface area contributed by atoms with Crippen LogP contribution < -0.4 is 0 Å². The van der Waals surface area contributed by atoms with Gasteiger partial charge in [-0.05, 0) is 69.4 Å². The van der Waals surface area contributed by atoms with Gasteiger partial charge in [0.1, 0.15) is 0 Å². The summed E-state index contributed by atoms with van der Waals surface area (Å²) in [7, 11) is 2.17. The summed E-state index contributed by atoms with van der Waals surface area (Å²) in [6, 6.07) is 17.6. The minimum atomic E-state index is 0.0445. The lowest BCUT2D eigenvalue weighted by Gasteiger charge is -2.38. The van der Waals surface area contributed by atoms with E-state index in [1.165, 1.54) is 28.7 Å². The van der Waals surface area contributed by atoms with Crippen LogP contribution in [0, 0.1) is 12.3 Å². The molecule has 0 aromatic heterocycles. The molecule has 2 aromatic carbocycles. The predicted molar refractivity (Wildman–Crippen MR) is 121 cm³/mol. The molecule has 0 radical (unpaired) electrons. The minimum Gasteiger partial charge on any atom is -0.465 e. The van der Waals surface area contributed by atoms with Crippen LogP contribution in [0.15, 0.2) is 48.5 Å². The molecule has 1 heterocycles. The Bertz CT molecular complexity index is 804. The van der Waals surface area contributed by atoms with Crippen molar-refractivity contribution in [3.05, 3.63) is 70.8 Å². The summed E-state index contributed by atoms with van der Waals surface area (Å²) >= 11 is 0. The maximum Gasteiger partial charge on any atom is 0.285 e. The van der Waals surface area contributed by atoms with E-state index in [4.69, 9.17) is 10.1 Å². The zero-order valence-corrected chi connectivity index (χ0v) is 18.2.